The molecule has 0 N–H and O–H groups in total. The van der Waals surface area contributed by atoms with Gasteiger partial charge in [0, 0.05) is 5.92 Å². The summed E-state index contributed by atoms with van der Waals surface area (Å²) in [6, 6.07) is 17.9. The number of aryl methyl sites for hydroxylation is 2. The molecule has 1 atom stereocenters. The summed E-state index contributed by atoms with van der Waals surface area (Å²) in [7, 11) is 0. The molecular formula is C24H27Cl3Ti. The van der Waals surface area contributed by atoms with Gasteiger partial charge in [-0.1, -0.05) is 85.8 Å². The van der Waals surface area contributed by atoms with Gasteiger partial charge < -0.3 is 37.2 Å². The molecular weight excluding hydrogens is 442 g/mol. The Kier molecular flexibility index (Phi) is 12.3. The molecule has 0 heterocycles. The summed E-state index contributed by atoms with van der Waals surface area (Å²) in [5.41, 5.74) is 9.39. The Morgan fingerprint density at radius 2 is 1.18 bits per heavy atom. The Hall–Kier alpha value is -0.496. The van der Waals surface area contributed by atoms with Gasteiger partial charge in [-0.05, 0) is 25.0 Å². The van der Waals surface area contributed by atoms with Gasteiger partial charge in [-0.15, -0.1) is 6.92 Å². The molecule has 0 aromatic heterocycles. The molecule has 148 valence electrons. The Labute approximate surface area is 204 Å². The molecule has 0 nitrogen and oxygen atoms in total. The van der Waals surface area contributed by atoms with Crippen LogP contribution in [0.2, 0.25) is 0 Å². The van der Waals surface area contributed by atoms with Gasteiger partial charge in [0.1, 0.15) is 0 Å². The Balaban J connectivity index is 0. The second-order valence-electron chi connectivity index (χ2n) is 7.46. The van der Waals surface area contributed by atoms with Crippen LogP contribution in [0.1, 0.15) is 55.9 Å². The number of halogens is 3. The fourth-order valence-electron chi connectivity index (χ4n) is 4.09. The summed E-state index contributed by atoms with van der Waals surface area (Å²) in [6.45, 7) is 13.4. The predicted molar refractivity (Wildman–Crippen MR) is 103 cm³/mol. The van der Waals surface area contributed by atoms with Crippen molar-refractivity contribution in [2.75, 3.05) is 0 Å². The van der Waals surface area contributed by atoms with Crippen molar-refractivity contribution in [2.24, 2.45) is 5.41 Å². The molecule has 0 bridgehead atoms. The predicted octanol–water partition coefficient (Wildman–Crippen LogP) is -2.45. The fourth-order valence-corrected chi connectivity index (χ4v) is 4.09. The molecule has 0 saturated carbocycles. The summed E-state index contributed by atoms with van der Waals surface area (Å²) < 4.78 is 0. The smallest absolute Gasteiger partial charge is 1.00 e. The minimum atomic E-state index is -0.101. The molecule has 28 heavy (non-hydrogen) atoms. The standard InChI is InChI=1S/C24H27.3ClH.Ti/c1-16-9-7-11-21(13-16)23(22-12-8-10-17(2)14-22)24(6)15-18(3)19(4)20(24)5;;;;/h7-14,23H,1-6H3;3*1H;/q-1;;;;+4/p-3. The number of hydrogen-bond donors (Lipinski definition) is 0. The number of hydrogen-bond acceptors (Lipinski definition) is 0. The number of allylic oxidation sites excluding steroid dienone is 4. The van der Waals surface area contributed by atoms with Crippen molar-refractivity contribution in [2.45, 2.75) is 47.5 Å². The second-order valence-corrected chi connectivity index (χ2v) is 7.46. The van der Waals surface area contributed by atoms with Crippen LogP contribution in [-0.2, 0) is 21.7 Å². The third-order valence-electron chi connectivity index (χ3n) is 5.68. The van der Waals surface area contributed by atoms with E-state index in [1.807, 2.05) is 0 Å². The van der Waals surface area contributed by atoms with Gasteiger partial charge in [0.05, 0.1) is 0 Å². The molecule has 2 aromatic carbocycles. The maximum atomic E-state index is 3.81. The number of benzene rings is 2. The molecule has 1 unspecified atom stereocenters. The first kappa shape index (κ1) is 29.7. The van der Waals surface area contributed by atoms with E-state index in [1.165, 1.54) is 39.0 Å². The van der Waals surface area contributed by atoms with E-state index < -0.39 is 0 Å². The van der Waals surface area contributed by atoms with E-state index in [9.17, 15) is 0 Å². The SMILES string of the molecule is CC1=[C-]C(C)(C(c2cccc(C)c2)c2cccc(C)c2)C(C)=C1C.[Cl-].[Cl-].[Cl-].[Ti+4]. The van der Waals surface area contributed by atoms with Crippen LogP contribution in [0, 0.1) is 25.3 Å². The Bertz CT molecular complexity index is 809. The molecule has 0 saturated heterocycles. The first-order valence-corrected chi connectivity index (χ1v) is 8.76. The van der Waals surface area contributed by atoms with Gasteiger partial charge in [-0.25, -0.2) is 5.57 Å². The van der Waals surface area contributed by atoms with Crippen molar-refractivity contribution in [3.63, 3.8) is 0 Å². The molecule has 2 aromatic rings. The third-order valence-corrected chi connectivity index (χ3v) is 5.68. The van der Waals surface area contributed by atoms with Gasteiger partial charge in [0.15, 0.2) is 0 Å². The van der Waals surface area contributed by atoms with Crippen LogP contribution in [0.3, 0.4) is 0 Å². The number of rotatable bonds is 3. The summed E-state index contributed by atoms with van der Waals surface area (Å²) in [4.78, 5) is 0. The van der Waals surface area contributed by atoms with E-state index >= 15 is 0 Å². The Morgan fingerprint density at radius 3 is 1.50 bits per heavy atom. The maximum absolute atomic E-state index is 3.81. The van der Waals surface area contributed by atoms with E-state index in [2.05, 4.69) is 96.1 Å². The molecule has 1 aliphatic carbocycles. The van der Waals surface area contributed by atoms with E-state index in [-0.39, 0.29) is 70.3 Å². The molecule has 1 aliphatic rings. The van der Waals surface area contributed by atoms with E-state index in [0.29, 0.717) is 0 Å². The zero-order valence-electron chi connectivity index (χ0n) is 17.3. The van der Waals surface area contributed by atoms with Crippen LogP contribution < -0.4 is 37.2 Å². The van der Waals surface area contributed by atoms with Crippen molar-refractivity contribution in [3.8, 4) is 0 Å². The monoisotopic (exact) mass is 468 g/mol. The molecule has 0 amide bonds. The first-order valence-electron chi connectivity index (χ1n) is 8.76. The van der Waals surface area contributed by atoms with Gasteiger partial charge in [0.2, 0.25) is 0 Å². The van der Waals surface area contributed by atoms with Crippen LogP contribution >= 0.6 is 0 Å². The van der Waals surface area contributed by atoms with E-state index in [1.54, 1.807) is 0 Å². The molecule has 0 radical (unpaired) electrons. The Morgan fingerprint density at radius 1 is 0.750 bits per heavy atom. The summed E-state index contributed by atoms with van der Waals surface area (Å²) >= 11 is 0. The van der Waals surface area contributed by atoms with Crippen LogP contribution in [0.15, 0.2) is 65.3 Å². The van der Waals surface area contributed by atoms with Crippen molar-refractivity contribution in [3.05, 3.63) is 93.6 Å². The van der Waals surface area contributed by atoms with Crippen molar-refractivity contribution < 1.29 is 58.9 Å². The largest absolute Gasteiger partial charge is 4.00 e. The van der Waals surface area contributed by atoms with Crippen molar-refractivity contribution in [1.29, 1.82) is 0 Å². The zero-order chi connectivity index (χ0) is 17.5. The van der Waals surface area contributed by atoms with Gasteiger partial charge >= 0.3 is 21.7 Å². The van der Waals surface area contributed by atoms with Crippen molar-refractivity contribution in [1.82, 2.24) is 0 Å². The normalized spacial score (nSPS) is 17.8. The first-order chi connectivity index (χ1) is 11.3. The summed E-state index contributed by atoms with van der Waals surface area (Å²) in [5, 5.41) is 0. The quantitative estimate of drug-likeness (QED) is 0.346. The average Bonchev–Trinajstić information content (AvgIpc) is 2.71. The van der Waals surface area contributed by atoms with E-state index in [0.717, 1.165) is 0 Å². The van der Waals surface area contributed by atoms with Crippen LogP contribution in [0.5, 0.6) is 0 Å². The van der Waals surface area contributed by atoms with Crippen LogP contribution in [0.4, 0.5) is 0 Å². The summed E-state index contributed by atoms with van der Waals surface area (Å²) in [5.74, 6) is 0.282. The molecule has 4 heteroatoms. The average molecular weight is 470 g/mol. The van der Waals surface area contributed by atoms with E-state index in [4.69, 9.17) is 0 Å². The minimum absolute atomic E-state index is 0. The maximum Gasteiger partial charge on any atom is 4.00 e. The zero-order valence-corrected chi connectivity index (χ0v) is 21.2. The fraction of sp³-hybridized carbons (Fsp3) is 0.333. The third kappa shape index (κ3) is 5.56. The van der Waals surface area contributed by atoms with Gasteiger partial charge in [-0.3, -0.25) is 6.08 Å². The van der Waals surface area contributed by atoms with Gasteiger partial charge in [-0.2, -0.15) is 11.1 Å². The van der Waals surface area contributed by atoms with Crippen LogP contribution in [-0.4, -0.2) is 0 Å². The second kappa shape index (κ2) is 11.6. The molecule has 0 fully saturated rings. The van der Waals surface area contributed by atoms with Crippen molar-refractivity contribution >= 4 is 0 Å². The molecule has 3 rings (SSSR count). The topological polar surface area (TPSA) is 0 Å². The van der Waals surface area contributed by atoms with Gasteiger partial charge in [0.25, 0.3) is 0 Å². The minimum Gasteiger partial charge on any atom is -1.00 e. The summed E-state index contributed by atoms with van der Waals surface area (Å²) in [6.07, 6.45) is 3.81. The van der Waals surface area contributed by atoms with Crippen LogP contribution in [0.25, 0.3) is 0 Å². The molecule has 0 aliphatic heterocycles. The molecule has 0 spiro atoms.